The van der Waals surface area contributed by atoms with Crippen molar-refractivity contribution >= 4 is 0 Å². The van der Waals surface area contributed by atoms with E-state index in [9.17, 15) is 0 Å². The second-order valence-electron chi connectivity index (χ2n) is 8.20. The highest BCUT2D eigenvalue weighted by molar-refractivity contribution is 5.37. The summed E-state index contributed by atoms with van der Waals surface area (Å²) in [6, 6.07) is 6.81. The number of benzene rings is 1. The van der Waals surface area contributed by atoms with Crippen molar-refractivity contribution in [3.63, 3.8) is 0 Å². The van der Waals surface area contributed by atoms with Crippen LogP contribution >= 0.6 is 0 Å². The van der Waals surface area contributed by atoms with Crippen LogP contribution < -0.4 is 4.74 Å². The highest BCUT2D eigenvalue weighted by atomic mass is 16.5. The number of ether oxygens (including phenoxy) is 2. The molecule has 0 radical (unpaired) electrons. The van der Waals surface area contributed by atoms with E-state index >= 15 is 0 Å². The molecule has 0 amide bonds. The molecule has 1 atom stereocenters. The molecule has 26 heavy (non-hydrogen) atoms. The molecule has 1 aromatic rings. The average molecular weight is 359 g/mol. The Bertz CT molecular complexity index is 565. The third-order valence-corrected chi connectivity index (χ3v) is 6.21. The van der Waals surface area contributed by atoms with Crippen LogP contribution in [-0.4, -0.2) is 68.9 Å². The molecule has 0 spiro atoms. The van der Waals surface area contributed by atoms with Gasteiger partial charge in [0.05, 0.1) is 19.8 Å². The summed E-state index contributed by atoms with van der Waals surface area (Å²) in [5.41, 5.74) is 3.08. The van der Waals surface area contributed by atoms with Crippen molar-refractivity contribution in [2.24, 2.45) is 5.92 Å². The third-order valence-electron chi connectivity index (χ3n) is 6.21. The van der Waals surface area contributed by atoms with Gasteiger partial charge in [0.15, 0.2) is 0 Å². The maximum absolute atomic E-state index is 6.03. The van der Waals surface area contributed by atoms with Crippen molar-refractivity contribution in [3.8, 4) is 5.75 Å². The number of hydrogen-bond donors (Lipinski definition) is 0. The van der Waals surface area contributed by atoms with Gasteiger partial charge < -0.3 is 14.4 Å². The Morgan fingerprint density at radius 3 is 2.69 bits per heavy atom. The van der Waals surface area contributed by atoms with Crippen LogP contribution in [0.15, 0.2) is 18.2 Å². The van der Waals surface area contributed by atoms with Crippen LogP contribution in [0, 0.1) is 5.92 Å². The summed E-state index contributed by atoms with van der Waals surface area (Å²) >= 11 is 0. The Balaban J connectivity index is 1.21. The SMILES string of the molecule is c1cc2c(cc1OCCCN1CCOCC1)CCC(CN1CCCC1)C2. The third kappa shape index (κ3) is 4.99. The molecule has 4 heteroatoms. The summed E-state index contributed by atoms with van der Waals surface area (Å²) in [4.78, 5) is 5.14. The van der Waals surface area contributed by atoms with Gasteiger partial charge in [-0.2, -0.15) is 0 Å². The molecule has 4 nitrogen and oxygen atoms in total. The molecule has 1 aromatic carbocycles. The van der Waals surface area contributed by atoms with Crippen LogP contribution in [0.5, 0.6) is 5.75 Å². The number of rotatable bonds is 7. The monoisotopic (exact) mass is 358 g/mol. The normalized spacial score (nSPS) is 24.5. The lowest BCUT2D eigenvalue weighted by Crippen LogP contribution is -2.37. The van der Waals surface area contributed by atoms with E-state index < -0.39 is 0 Å². The predicted molar refractivity (Wildman–Crippen MR) is 105 cm³/mol. The van der Waals surface area contributed by atoms with Crippen LogP contribution in [0.2, 0.25) is 0 Å². The second kappa shape index (κ2) is 9.20. The van der Waals surface area contributed by atoms with Gasteiger partial charge in [-0.3, -0.25) is 4.90 Å². The van der Waals surface area contributed by atoms with Crippen LogP contribution in [-0.2, 0) is 17.6 Å². The van der Waals surface area contributed by atoms with E-state index in [1.165, 1.54) is 57.3 Å². The van der Waals surface area contributed by atoms with Crippen molar-refractivity contribution in [3.05, 3.63) is 29.3 Å². The molecular weight excluding hydrogens is 324 g/mol. The van der Waals surface area contributed by atoms with Gasteiger partial charge in [0.2, 0.25) is 0 Å². The van der Waals surface area contributed by atoms with Crippen LogP contribution in [0.25, 0.3) is 0 Å². The van der Waals surface area contributed by atoms with Gasteiger partial charge in [-0.25, -0.2) is 0 Å². The zero-order valence-corrected chi connectivity index (χ0v) is 16.1. The summed E-state index contributed by atoms with van der Waals surface area (Å²) in [5.74, 6) is 1.91. The van der Waals surface area contributed by atoms with Crippen molar-refractivity contribution in [1.82, 2.24) is 9.80 Å². The van der Waals surface area contributed by atoms with Gasteiger partial charge in [0, 0.05) is 26.2 Å². The molecule has 1 unspecified atom stereocenters. The number of nitrogens with zero attached hydrogens (tertiary/aromatic N) is 2. The summed E-state index contributed by atoms with van der Waals surface area (Å²) in [6.45, 7) is 9.77. The molecule has 2 aliphatic heterocycles. The van der Waals surface area contributed by atoms with Gasteiger partial charge in [-0.05, 0) is 80.8 Å². The van der Waals surface area contributed by atoms with Gasteiger partial charge in [-0.15, -0.1) is 0 Å². The van der Waals surface area contributed by atoms with E-state index in [1.54, 1.807) is 5.56 Å². The van der Waals surface area contributed by atoms with E-state index in [2.05, 4.69) is 28.0 Å². The first-order valence-electron chi connectivity index (χ1n) is 10.6. The Morgan fingerprint density at radius 2 is 1.85 bits per heavy atom. The van der Waals surface area contributed by atoms with E-state index in [-0.39, 0.29) is 0 Å². The molecule has 2 saturated heterocycles. The van der Waals surface area contributed by atoms with E-state index in [4.69, 9.17) is 9.47 Å². The highest BCUT2D eigenvalue weighted by Gasteiger charge is 2.22. The van der Waals surface area contributed by atoms with E-state index in [0.29, 0.717) is 0 Å². The highest BCUT2D eigenvalue weighted by Crippen LogP contribution is 2.29. The van der Waals surface area contributed by atoms with Crippen molar-refractivity contribution in [2.75, 3.05) is 59.1 Å². The molecule has 1 aliphatic carbocycles. The fourth-order valence-corrected chi connectivity index (χ4v) is 4.69. The number of likely N-dealkylation sites (tertiary alicyclic amines) is 1. The molecule has 4 rings (SSSR count). The van der Waals surface area contributed by atoms with Gasteiger partial charge in [0.25, 0.3) is 0 Å². The smallest absolute Gasteiger partial charge is 0.119 e. The molecule has 0 aromatic heterocycles. The Labute approximate surface area is 158 Å². The average Bonchev–Trinajstić information content (AvgIpc) is 3.19. The Morgan fingerprint density at radius 1 is 1.00 bits per heavy atom. The van der Waals surface area contributed by atoms with Gasteiger partial charge in [0.1, 0.15) is 5.75 Å². The van der Waals surface area contributed by atoms with Gasteiger partial charge >= 0.3 is 0 Å². The quantitative estimate of drug-likeness (QED) is 0.700. The molecular formula is C22H34N2O2. The van der Waals surface area contributed by atoms with Crippen molar-refractivity contribution in [1.29, 1.82) is 0 Å². The maximum Gasteiger partial charge on any atom is 0.119 e. The largest absolute Gasteiger partial charge is 0.494 e. The molecule has 2 fully saturated rings. The minimum absolute atomic E-state index is 0.813. The Kier molecular flexibility index (Phi) is 6.47. The first-order chi connectivity index (χ1) is 12.9. The summed E-state index contributed by atoms with van der Waals surface area (Å²) in [7, 11) is 0. The lowest BCUT2D eigenvalue weighted by atomic mass is 9.83. The lowest BCUT2D eigenvalue weighted by Gasteiger charge is -2.28. The van der Waals surface area contributed by atoms with E-state index in [0.717, 1.165) is 57.5 Å². The molecule has 0 N–H and O–H groups in total. The maximum atomic E-state index is 6.03. The van der Waals surface area contributed by atoms with E-state index in [1.807, 2.05) is 0 Å². The van der Waals surface area contributed by atoms with Crippen molar-refractivity contribution < 1.29 is 9.47 Å². The standard InChI is InChI=1S/C22H34N2O2/c1-2-9-24(8-1)18-19-4-5-21-17-22(7-6-20(21)16-19)26-13-3-10-23-11-14-25-15-12-23/h6-7,17,19H,1-5,8-16,18H2. The van der Waals surface area contributed by atoms with Crippen LogP contribution in [0.3, 0.4) is 0 Å². The zero-order chi connectivity index (χ0) is 17.6. The van der Waals surface area contributed by atoms with Crippen molar-refractivity contribution in [2.45, 2.75) is 38.5 Å². The number of aryl methyl sites for hydroxylation is 1. The Hall–Kier alpha value is -1.10. The first kappa shape index (κ1) is 18.3. The van der Waals surface area contributed by atoms with Crippen LogP contribution in [0.4, 0.5) is 0 Å². The first-order valence-corrected chi connectivity index (χ1v) is 10.6. The number of hydrogen-bond acceptors (Lipinski definition) is 4. The molecule has 0 bridgehead atoms. The topological polar surface area (TPSA) is 24.9 Å². The summed E-state index contributed by atoms with van der Waals surface area (Å²) < 4.78 is 11.4. The number of fused-ring (bicyclic) bond motifs is 1. The molecule has 144 valence electrons. The summed E-state index contributed by atoms with van der Waals surface area (Å²) in [5, 5.41) is 0. The second-order valence-corrected chi connectivity index (χ2v) is 8.20. The minimum Gasteiger partial charge on any atom is -0.494 e. The fourth-order valence-electron chi connectivity index (χ4n) is 4.69. The van der Waals surface area contributed by atoms with Crippen LogP contribution in [0.1, 0.15) is 36.8 Å². The number of morpholine rings is 1. The fraction of sp³-hybridized carbons (Fsp3) is 0.727. The summed E-state index contributed by atoms with van der Waals surface area (Å²) in [6.07, 6.45) is 7.70. The zero-order valence-electron chi connectivity index (χ0n) is 16.1. The molecule has 3 aliphatic rings. The van der Waals surface area contributed by atoms with Gasteiger partial charge in [-0.1, -0.05) is 6.07 Å². The molecule has 0 saturated carbocycles. The minimum atomic E-state index is 0.813. The molecule has 2 heterocycles. The predicted octanol–water partition coefficient (Wildman–Crippen LogP) is 2.99. The lowest BCUT2D eigenvalue weighted by molar-refractivity contribution is 0.0358.